The molecule has 2 aliphatic rings. The molecule has 0 amide bonds. The first-order valence-corrected chi connectivity index (χ1v) is 9.34. The zero-order chi connectivity index (χ0) is 19.7. The Morgan fingerprint density at radius 2 is 1.89 bits per heavy atom. The Labute approximate surface area is 161 Å². The van der Waals surface area contributed by atoms with Gasteiger partial charge >= 0.3 is 11.9 Å². The van der Waals surface area contributed by atoms with Gasteiger partial charge in [-0.2, -0.15) is 4.68 Å². The number of carbonyl (C=O) groups excluding carboxylic acids is 1. The third kappa shape index (κ3) is 3.35. The minimum atomic E-state index is -1.01. The summed E-state index contributed by atoms with van der Waals surface area (Å²) in [6.07, 6.45) is 4.96. The number of esters is 1. The van der Waals surface area contributed by atoms with Crippen LogP contribution < -0.4 is 5.32 Å². The van der Waals surface area contributed by atoms with Crippen LogP contribution in [0.25, 0.3) is 0 Å². The van der Waals surface area contributed by atoms with E-state index in [1.165, 1.54) is 23.2 Å². The lowest BCUT2D eigenvalue weighted by molar-refractivity contribution is -0.146. The van der Waals surface area contributed by atoms with E-state index in [-0.39, 0.29) is 11.7 Å². The Bertz CT molecular complexity index is 928. The highest BCUT2D eigenvalue weighted by molar-refractivity contribution is 5.92. The lowest BCUT2D eigenvalue weighted by atomic mass is 9.94. The number of carboxylic acids is 1. The number of tetrazole rings is 1. The summed E-state index contributed by atoms with van der Waals surface area (Å²) in [5.74, 6) is -0.993. The monoisotopic (exact) mass is 383 g/mol. The van der Waals surface area contributed by atoms with Gasteiger partial charge in [0.1, 0.15) is 12.1 Å². The number of nitrogens with one attached hydrogen (secondary N) is 1. The highest BCUT2D eigenvalue weighted by Gasteiger charge is 2.36. The largest absolute Gasteiger partial charge is 0.478 e. The molecule has 1 atom stereocenters. The van der Waals surface area contributed by atoms with E-state index >= 15 is 0 Å². The van der Waals surface area contributed by atoms with Crippen LogP contribution in [0.2, 0.25) is 0 Å². The summed E-state index contributed by atoms with van der Waals surface area (Å²) in [7, 11) is 0. The van der Waals surface area contributed by atoms with Gasteiger partial charge in [0.05, 0.1) is 11.1 Å². The predicted octanol–water partition coefficient (Wildman–Crippen LogP) is 2.54. The molecule has 2 heterocycles. The fraction of sp³-hybridized carbons (Fsp3) is 0.421. The number of aromatic carboxylic acids is 1. The quantitative estimate of drug-likeness (QED) is 0.773. The van der Waals surface area contributed by atoms with Crippen LogP contribution in [0.3, 0.4) is 0 Å². The summed E-state index contributed by atoms with van der Waals surface area (Å²) in [5.41, 5.74) is 1.92. The fourth-order valence-corrected chi connectivity index (χ4v) is 3.79. The molecule has 28 heavy (non-hydrogen) atoms. The molecule has 0 bridgehead atoms. The van der Waals surface area contributed by atoms with Gasteiger partial charge in [0.25, 0.3) is 0 Å². The van der Waals surface area contributed by atoms with E-state index in [0.717, 1.165) is 25.7 Å². The van der Waals surface area contributed by atoms with Crippen molar-refractivity contribution >= 4 is 17.9 Å². The second-order valence-corrected chi connectivity index (χ2v) is 7.11. The first-order chi connectivity index (χ1) is 13.5. The van der Waals surface area contributed by atoms with Crippen LogP contribution in [-0.2, 0) is 9.53 Å². The topological polar surface area (TPSA) is 119 Å². The van der Waals surface area contributed by atoms with Crippen molar-refractivity contribution in [3.63, 3.8) is 0 Å². The zero-order valence-electron chi connectivity index (χ0n) is 15.5. The molecule has 2 aromatic rings. The van der Waals surface area contributed by atoms with Crippen LogP contribution in [0.5, 0.6) is 0 Å². The van der Waals surface area contributed by atoms with Crippen LogP contribution in [0.1, 0.15) is 61.0 Å². The van der Waals surface area contributed by atoms with Gasteiger partial charge in [-0.15, -0.1) is 0 Å². The molecule has 4 rings (SSSR count). The molecule has 1 aliphatic heterocycles. The standard InChI is InChI=1S/C19H21N5O4/c1-11-15(18(27)28-14-5-3-2-4-6-14)16(24-19(20-11)21-22-23-24)12-7-9-13(10-8-12)17(25)26/h7-10,14,16H,2-6H2,1H3,(H,25,26)(H,20,21,23)/t16-/m1/s1. The number of hydrogen-bond acceptors (Lipinski definition) is 7. The molecule has 9 heteroatoms. The molecule has 0 spiro atoms. The third-order valence-electron chi connectivity index (χ3n) is 5.23. The van der Waals surface area contributed by atoms with E-state index in [1.54, 1.807) is 19.1 Å². The Balaban J connectivity index is 1.69. The summed E-state index contributed by atoms with van der Waals surface area (Å²) in [5, 5.41) is 23.9. The summed E-state index contributed by atoms with van der Waals surface area (Å²) in [6, 6.07) is 5.76. The van der Waals surface area contributed by atoms with Crippen molar-refractivity contribution in [1.82, 2.24) is 20.2 Å². The van der Waals surface area contributed by atoms with Crippen LogP contribution >= 0.6 is 0 Å². The number of nitrogens with zero attached hydrogens (tertiary/aromatic N) is 4. The van der Waals surface area contributed by atoms with Gasteiger partial charge in [0.15, 0.2) is 0 Å². The summed E-state index contributed by atoms with van der Waals surface area (Å²) in [6.45, 7) is 1.79. The number of allylic oxidation sites excluding steroid dienone is 1. The van der Waals surface area contributed by atoms with Crippen LogP contribution in [-0.4, -0.2) is 43.4 Å². The highest BCUT2D eigenvalue weighted by atomic mass is 16.5. The molecule has 1 saturated carbocycles. The Hall–Kier alpha value is -3.23. The van der Waals surface area contributed by atoms with Gasteiger partial charge in [-0.3, -0.25) is 0 Å². The van der Waals surface area contributed by atoms with Crippen molar-refractivity contribution in [2.24, 2.45) is 0 Å². The summed E-state index contributed by atoms with van der Waals surface area (Å²) < 4.78 is 7.31. The van der Waals surface area contributed by atoms with Crippen molar-refractivity contribution < 1.29 is 19.4 Å². The van der Waals surface area contributed by atoms with Crippen LogP contribution in [0, 0.1) is 0 Å². The number of fused-ring (bicyclic) bond motifs is 1. The average Bonchev–Trinajstić information content (AvgIpc) is 3.15. The second kappa shape index (κ2) is 7.41. The SMILES string of the molecule is CC1=C(C(=O)OC2CCCCC2)[C@@H](c2ccc(C(=O)O)cc2)n2nnnc2N1. The van der Waals surface area contributed by atoms with Gasteiger partial charge in [0.2, 0.25) is 5.95 Å². The Morgan fingerprint density at radius 3 is 2.57 bits per heavy atom. The van der Waals surface area contributed by atoms with Gasteiger partial charge in [-0.25, -0.2) is 9.59 Å². The highest BCUT2D eigenvalue weighted by Crippen LogP contribution is 2.35. The average molecular weight is 383 g/mol. The van der Waals surface area contributed by atoms with E-state index < -0.39 is 18.0 Å². The maximum Gasteiger partial charge on any atom is 0.338 e. The number of carboxylic acid groups (broad SMARTS) is 1. The summed E-state index contributed by atoms with van der Waals surface area (Å²) >= 11 is 0. The lowest BCUT2D eigenvalue weighted by Crippen LogP contribution is -2.32. The molecule has 2 N–H and O–H groups in total. The normalized spacial score (nSPS) is 19.7. The minimum absolute atomic E-state index is 0.0770. The van der Waals surface area contributed by atoms with Crippen molar-refractivity contribution in [2.75, 3.05) is 5.32 Å². The molecule has 1 aliphatic carbocycles. The lowest BCUT2D eigenvalue weighted by Gasteiger charge is -2.29. The second-order valence-electron chi connectivity index (χ2n) is 7.11. The predicted molar refractivity (Wildman–Crippen MR) is 98.6 cm³/mol. The number of benzene rings is 1. The molecule has 1 fully saturated rings. The van der Waals surface area contributed by atoms with Crippen LogP contribution in [0.15, 0.2) is 35.5 Å². The number of carbonyl (C=O) groups is 2. The molecule has 1 aromatic carbocycles. The van der Waals surface area contributed by atoms with E-state index in [1.807, 2.05) is 0 Å². The zero-order valence-corrected chi connectivity index (χ0v) is 15.5. The van der Waals surface area contributed by atoms with Crippen molar-refractivity contribution in [1.29, 1.82) is 0 Å². The maximum atomic E-state index is 13.1. The molecule has 1 aromatic heterocycles. The number of ether oxygens (including phenoxy) is 1. The van der Waals surface area contributed by atoms with Gasteiger partial charge in [-0.1, -0.05) is 23.7 Å². The van der Waals surface area contributed by atoms with Crippen molar-refractivity contribution in [3.8, 4) is 0 Å². The number of anilines is 1. The number of hydrogen-bond donors (Lipinski definition) is 2. The van der Waals surface area contributed by atoms with E-state index in [0.29, 0.717) is 22.8 Å². The van der Waals surface area contributed by atoms with E-state index in [2.05, 4.69) is 20.8 Å². The van der Waals surface area contributed by atoms with Gasteiger partial charge in [-0.05, 0) is 60.7 Å². The van der Waals surface area contributed by atoms with Crippen molar-refractivity contribution in [3.05, 3.63) is 46.7 Å². The molecule has 146 valence electrons. The summed E-state index contributed by atoms with van der Waals surface area (Å²) in [4.78, 5) is 24.2. The first-order valence-electron chi connectivity index (χ1n) is 9.34. The molecular weight excluding hydrogens is 362 g/mol. The van der Waals surface area contributed by atoms with Crippen LogP contribution in [0.4, 0.5) is 5.95 Å². The van der Waals surface area contributed by atoms with Gasteiger partial charge < -0.3 is 15.2 Å². The molecular formula is C19H21N5O4. The van der Waals surface area contributed by atoms with Crippen molar-refractivity contribution in [2.45, 2.75) is 51.2 Å². The Kier molecular flexibility index (Phi) is 4.81. The number of aromatic nitrogens is 4. The van der Waals surface area contributed by atoms with E-state index in [4.69, 9.17) is 9.84 Å². The molecule has 0 saturated heterocycles. The Morgan fingerprint density at radius 1 is 1.18 bits per heavy atom. The molecule has 9 nitrogen and oxygen atoms in total. The first kappa shape index (κ1) is 18.1. The van der Waals surface area contributed by atoms with Gasteiger partial charge in [0, 0.05) is 5.70 Å². The third-order valence-corrected chi connectivity index (χ3v) is 5.23. The molecule has 0 radical (unpaired) electrons. The number of rotatable bonds is 4. The van der Waals surface area contributed by atoms with E-state index in [9.17, 15) is 9.59 Å². The fourth-order valence-electron chi connectivity index (χ4n) is 3.79. The smallest absolute Gasteiger partial charge is 0.338 e. The minimum Gasteiger partial charge on any atom is -0.478 e. The molecule has 0 unspecified atom stereocenters. The maximum absolute atomic E-state index is 13.1.